The van der Waals surface area contributed by atoms with Gasteiger partial charge in [0.25, 0.3) is 0 Å². The first kappa shape index (κ1) is 13.5. The molecule has 1 aliphatic heterocycles. The molecule has 0 spiro atoms. The predicted molar refractivity (Wildman–Crippen MR) is 75.7 cm³/mol. The number of hydrogen-bond donors (Lipinski definition) is 1. The number of aromatic nitrogens is 4. The number of nitrogens with one attached hydrogen (secondary N) is 1. The molecule has 0 amide bonds. The summed E-state index contributed by atoms with van der Waals surface area (Å²) in [6, 6.07) is 5.97. The summed E-state index contributed by atoms with van der Waals surface area (Å²) in [5.41, 5.74) is 1.35. The van der Waals surface area contributed by atoms with Crippen LogP contribution in [0.1, 0.15) is 29.0 Å². The first-order valence-corrected chi connectivity index (χ1v) is 6.80. The smallest absolute Gasteiger partial charge is 0.181 e. The van der Waals surface area contributed by atoms with E-state index in [4.69, 9.17) is 10.00 Å². The van der Waals surface area contributed by atoms with E-state index in [0.29, 0.717) is 24.7 Å². The number of aromatic amines is 1. The lowest BCUT2D eigenvalue weighted by Gasteiger charge is -2.32. The maximum Gasteiger partial charge on any atom is 0.181 e. The van der Waals surface area contributed by atoms with Gasteiger partial charge in [-0.3, -0.25) is 5.10 Å². The normalized spacial score (nSPS) is 18.5. The molecule has 7 heteroatoms. The molecular formula is C14H16N6O. The summed E-state index contributed by atoms with van der Waals surface area (Å²) in [5.74, 6) is 2.22. The molecule has 0 radical (unpaired) electrons. The fourth-order valence-electron chi connectivity index (χ4n) is 2.33. The van der Waals surface area contributed by atoms with E-state index in [-0.39, 0.29) is 6.10 Å². The maximum atomic E-state index is 9.09. The SMILES string of the molecule is Cc1nc(C2CN(c3ccc(C)c(C#N)n3)CCO2)n[nH]1. The minimum Gasteiger partial charge on any atom is -0.366 e. The van der Waals surface area contributed by atoms with Crippen LogP contribution in [0.4, 0.5) is 5.82 Å². The van der Waals surface area contributed by atoms with Crippen LogP contribution in [0.5, 0.6) is 0 Å². The van der Waals surface area contributed by atoms with Crippen molar-refractivity contribution in [2.75, 3.05) is 24.6 Å². The summed E-state index contributed by atoms with van der Waals surface area (Å²) in [4.78, 5) is 10.8. The molecule has 2 aromatic rings. The zero-order valence-electron chi connectivity index (χ0n) is 12.0. The zero-order valence-corrected chi connectivity index (χ0v) is 12.0. The number of H-pyrrole nitrogens is 1. The van der Waals surface area contributed by atoms with Crippen LogP contribution in [-0.4, -0.2) is 39.9 Å². The van der Waals surface area contributed by atoms with Crippen LogP contribution in [-0.2, 0) is 4.74 Å². The topological polar surface area (TPSA) is 90.7 Å². The quantitative estimate of drug-likeness (QED) is 0.893. The third kappa shape index (κ3) is 2.71. The van der Waals surface area contributed by atoms with Gasteiger partial charge in [0.2, 0.25) is 0 Å². The first-order chi connectivity index (χ1) is 10.2. The average molecular weight is 284 g/mol. The highest BCUT2D eigenvalue weighted by atomic mass is 16.5. The highest BCUT2D eigenvalue weighted by Gasteiger charge is 2.26. The summed E-state index contributed by atoms with van der Waals surface area (Å²) in [5, 5.41) is 16.1. The van der Waals surface area contributed by atoms with Gasteiger partial charge in [0.1, 0.15) is 29.5 Å². The summed E-state index contributed by atoms with van der Waals surface area (Å²) in [6.45, 7) is 5.68. The highest BCUT2D eigenvalue weighted by molar-refractivity contribution is 5.45. The molecule has 0 aromatic carbocycles. The van der Waals surface area contributed by atoms with Crippen LogP contribution in [0.25, 0.3) is 0 Å². The number of rotatable bonds is 2. The van der Waals surface area contributed by atoms with Crippen molar-refractivity contribution in [3.63, 3.8) is 0 Å². The number of anilines is 1. The molecule has 7 nitrogen and oxygen atoms in total. The number of morpholine rings is 1. The molecule has 2 aromatic heterocycles. The van der Waals surface area contributed by atoms with E-state index in [2.05, 4.69) is 31.1 Å². The Labute approximate surface area is 122 Å². The monoisotopic (exact) mass is 284 g/mol. The fourth-order valence-corrected chi connectivity index (χ4v) is 2.33. The number of hydrogen-bond acceptors (Lipinski definition) is 6. The molecule has 3 heterocycles. The van der Waals surface area contributed by atoms with Crippen molar-refractivity contribution in [3.8, 4) is 6.07 Å². The lowest BCUT2D eigenvalue weighted by atomic mass is 10.2. The second-order valence-electron chi connectivity index (χ2n) is 5.03. The molecule has 0 aliphatic carbocycles. The van der Waals surface area contributed by atoms with Gasteiger partial charge in [-0.15, -0.1) is 0 Å². The Bertz CT molecular complexity index is 689. The standard InChI is InChI=1S/C14H16N6O/c1-9-3-4-13(17-11(9)7-15)20-5-6-21-12(8-20)14-16-10(2)18-19-14/h3-4,12H,5-6,8H2,1-2H3,(H,16,18,19). The van der Waals surface area contributed by atoms with Gasteiger partial charge in [-0.05, 0) is 25.5 Å². The van der Waals surface area contributed by atoms with Crippen molar-refractivity contribution >= 4 is 5.82 Å². The molecule has 1 atom stereocenters. The van der Waals surface area contributed by atoms with Crippen molar-refractivity contribution in [1.29, 1.82) is 5.26 Å². The van der Waals surface area contributed by atoms with E-state index < -0.39 is 0 Å². The second kappa shape index (κ2) is 5.50. The second-order valence-corrected chi connectivity index (χ2v) is 5.03. The maximum absolute atomic E-state index is 9.09. The number of nitriles is 1. The molecule has 0 saturated carbocycles. The lowest BCUT2D eigenvalue weighted by molar-refractivity contribution is 0.0340. The van der Waals surface area contributed by atoms with Crippen molar-refractivity contribution < 1.29 is 4.74 Å². The van der Waals surface area contributed by atoms with E-state index in [9.17, 15) is 0 Å². The molecule has 108 valence electrons. The number of aryl methyl sites for hydroxylation is 2. The number of ether oxygens (including phenoxy) is 1. The van der Waals surface area contributed by atoms with Crippen molar-refractivity contribution in [2.45, 2.75) is 20.0 Å². The van der Waals surface area contributed by atoms with Crippen molar-refractivity contribution in [1.82, 2.24) is 20.2 Å². The van der Waals surface area contributed by atoms with E-state index in [1.54, 1.807) is 0 Å². The predicted octanol–water partition coefficient (Wildman–Crippen LogP) is 1.27. The molecule has 1 fully saturated rings. The first-order valence-electron chi connectivity index (χ1n) is 6.80. The molecule has 1 saturated heterocycles. The molecule has 1 aliphatic rings. The van der Waals surface area contributed by atoms with Crippen LogP contribution in [0.15, 0.2) is 12.1 Å². The Morgan fingerprint density at radius 1 is 1.38 bits per heavy atom. The molecule has 1 unspecified atom stereocenters. The van der Waals surface area contributed by atoms with Crippen LogP contribution in [0, 0.1) is 25.2 Å². The average Bonchev–Trinajstić information content (AvgIpc) is 2.94. The Kier molecular flexibility index (Phi) is 3.54. The van der Waals surface area contributed by atoms with Crippen molar-refractivity contribution in [2.24, 2.45) is 0 Å². The van der Waals surface area contributed by atoms with Crippen LogP contribution in [0.2, 0.25) is 0 Å². The summed E-state index contributed by atoms with van der Waals surface area (Å²) in [7, 11) is 0. The zero-order chi connectivity index (χ0) is 14.8. The van der Waals surface area contributed by atoms with Gasteiger partial charge in [0.05, 0.1) is 13.2 Å². The fraction of sp³-hybridized carbons (Fsp3) is 0.429. The summed E-state index contributed by atoms with van der Waals surface area (Å²) < 4.78 is 5.73. The third-order valence-corrected chi connectivity index (χ3v) is 3.48. The summed E-state index contributed by atoms with van der Waals surface area (Å²) in [6.07, 6.45) is -0.183. The minimum atomic E-state index is -0.183. The molecule has 1 N–H and O–H groups in total. The van der Waals surface area contributed by atoms with Gasteiger partial charge in [-0.1, -0.05) is 6.07 Å². The van der Waals surface area contributed by atoms with Gasteiger partial charge in [0, 0.05) is 6.54 Å². The van der Waals surface area contributed by atoms with Crippen molar-refractivity contribution in [3.05, 3.63) is 35.0 Å². The van der Waals surface area contributed by atoms with Gasteiger partial charge in [-0.25, -0.2) is 9.97 Å². The minimum absolute atomic E-state index is 0.183. The van der Waals surface area contributed by atoms with E-state index in [1.165, 1.54) is 0 Å². The number of nitrogens with zero attached hydrogens (tertiary/aromatic N) is 5. The van der Waals surface area contributed by atoms with E-state index >= 15 is 0 Å². The van der Waals surface area contributed by atoms with Crippen LogP contribution < -0.4 is 4.90 Å². The molecular weight excluding hydrogens is 268 g/mol. The van der Waals surface area contributed by atoms with Crippen LogP contribution >= 0.6 is 0 Å². The van der Waals surface area contributed by atoms with Gasteiger partial charge >= 0.3 is 0 Å². The lowest BCUT2D eigenvalue weighted by Crippen LogP contribution is -2.39. The summed E-state index contributed by atoms with van der Waals surface area (Å²) >= 11 is 0. The van der Waals surface area contributed by atoms with Crippen LogP contribution in [0.3, 0.4) is 0 Å². The van der Waals surface area contributed by atoms with E-state index in [1.807, 2.05) is 26.0 Å². The molecule has 3 rings (SSSR count). The van der Waals surface area contributed by atoms with E-state index in [0.717, 1.165) is 23.8 Å². The Balaban J connectivity index is 1.81. The third-order valence-electron chi connectivity index (χ3n) is 3.48. The largest absolute Gasteiger partial charge is 0.366 e. The molecule has 0 bridgehead atoms. The van der Waals surface area contributed by atoms with Gasteiger partial charge < -0.3 is 9.64 Å². The van der Waals surface area contributed by atoms with Gasteiger partial charge in [-0.2, -0.15) is 10.4 Å². The Hall–Kier alpha value is -2.46. The molecule has 21 heavy (non-hydrogen) atoms. The highest BCUT2D eigenvalue weighted by Crippen LogP contribution is 2.23. The Morgan fingerprint density at radius 3 is 2.95 bits per heavy atom. The number of pyridine rings is 1. The van der Waals surface area contributed by atoms with Gasteiger partial charge in [0.15, 0.2) is 5.82 Å². The Morgan fingerprint density at radius 2 is 2.24 bits per heavy atom.